The van der Waals surface area contributed by atoms with Crippen molar-refractivity contribution in [3.8, 4) is 11.3 Å². The van der Waals surface area contributed by atoms with E-state index in [0.29, 0.717) is 22.4 Å². The Kier molecular flexibility index (Phi) is 2.30. The van der Waals surface area contributed by atoms with Crippen LogP contribution in [-0.4, -0.2) is 21.4 Å². The Bertz CT molecular complexity index is 503. The topological polar surface area (TPSA) is 88.9 Å². The zero-order valence-electron chi connectivity index (χ0n) is 7.34. The Morgan fingerprint density at radius 2 is 2.40 bits per heavy atom. The lowest BCUT2D eigenvalue weighted by Crippen LogP contribution is -1.86. The van der Waals surface area contributed by atoms with E-state index in [4.69, 9.17) is 0 Å². The molecule has 6 nitrogen and oxygen atoms in total. The summed E-state index contributed by atoms with van der Waals surface area (Å²) in [7, 11) is 0. The van der Waals surface area contributed by atoms with Crippen LogP contribution >= 0.6 is 11.3 Å². The highest BCUT2D eigenvalue weighted by Crippen LogP contribution is 2.35. The first-order chi connectivity index (χ1) is 7.22. The van der Waals surface area contributed by atoms with Gasteiger partial charge in [0.05, 0.1) is 21.1 Å². The minimum absolute atomic E-state index is 0.0543. The van der Waals surface area contributed by atoms with Crippen LogP contribution in [0.1, 0.15) is 9.67 Å². The molecule has 76 valence electrons. The van der Waals surface area contributed by atoms with Gasteiger partial charge in [-0.15, -0.1) is 0 Å². The molecule has 15 heavy (non-hydrogen) atoms. The molecule has 0 aromatic carbocycles. The average molecular weight is 223 g/mol. The second-order valence-corrected chi connectivity index (χ2v) is 3.78. The number of carbonyl (C=O) groups is 1. The smallest absolute Gasteiger partial charge is 0.297 e. The standard InChI is InChI=1S/C8H5N3O3S/c12-4-5-3-6(7-1-2-9-10-7)8(15-5)11(13)14/h1-4H,(H,9,10). The first-order valence-corrected chi connectivity index (χ1v) is 4.77. The first-order valence-electron chi connectivity index (χ1n) is 3.95. The number of carbonyl (C=O) groups excluding carboxylic acids is 1. The predicted octanol–water partition coefficient (Wildman–Crippen LogP) is 1.86. The fraction of sp³-hybridized carbons (Fsp3) is 0. The van der Waals surface area contributed by atoms with E-state index in [2.05, 4.69) is 10.2 Å². The number of aromatic nitrogens is 2. The van der Waals surface area contributed by atoms with Gasteiger partial charge in [-0.05, 0) is 12.1 Å². The molecule has 1 N–H and O–H groups in total. The van der Waals surface area contributed by atoms with E-state index in [1.54, 1.807) is 6.07 Å². The fourth-order valence-electron chi connectivity index (χ4n) is 1.19. The molecule has 0 atom stereocenters. The number of nitrogens with zero attached hydrogens (tertiary/aromatic N) is 2. The maximum Gasteiger partial charge on any atom is 0.334 e. The van der Waals surface area contributed by atoms with Gasteiger partial charge in [0.25, 0.3) is 0 Å². The van der Waals surface area contributed by atoms with Crippen molar-refractivity contribution in [1.82, 2.24) is 10.2 Å². The van der Waals surface area contributed by atoms with Crippen LogP contribution in [0.25, 0.3) is 11.3 Å². The molecule has 0 spiro atoms. The molecule has 0 aliphatic heterocycles. The van der Waals surface area contributed by atoms with Gasteiger partial charge in [0.2, 0.25) is 0 Å². The van der Waals surface area contributed by atoms with Crippen LogP contribution in [0.2, 0.25) is 0 Å². The summed E-state index contributed by atoms with van der Waals surface area (Å²) in [5, 5.41) is 17.0. The number of aldehydes is 1. The largest absolute Gasteiger partial charge is 0.334 e. The number of hydrogen-bond acceptors (Lipinski definition) is 5. The van der Waals surface area contributed by atoms with E-state index in [1.165, 1.54) is 12.3 Å². The molecule has 0 radical (unpaired) electrons. The number of nitro groups is 1. The fourth-order valence-corrected chi connectivity index (χ4v) is 1.99. The molecular weight excluding hydrogens is 218 g/mol. The summed E-state index contributed by atoms with van der Waals surface area (Å²) < 4.78 is 0. The molecule has 2 rings (SSSR count). The van der Waals surface area contributed by atoms with Gasteiger partial charge in [-0.25, -0.2) is 0 Å². The second-order valence-electron chi connectivity index (χ2n) is 2.71. The van der Waals surface area contributed by atoms with Crippen molar-refractivity contribution in [1.29, 1.82) is 0 Å². The van der Waals surface area contributed by atoms with Crippen molar-refractivity contribution in [2.24, 2.45) is 0 Å². The Labute approximate surface area is 87.7 Å². The molecule has 2 aromatic rings. The Balaban J connectivity index is 2.59. The van der Waals surface area contributed by atoms with Gasteiger partial charge in [-0.2, -0.15) is 5.10 Å². The van der Waals surface area contributed by atoms with E-state index in [9.17, 15) is 14.9 Å². The van der Waals surface area contributed by atoms with Crippen molar-refractivity contribution < 1.29 is 9.72 Å². The van der Waals surface area contributed by atoms with E-state index in [-0.39, 0.29) is 5.00 Å². The number of H-pyrrole nitrogens is 1. The molecule has 0 saturated heterocycles. The van der Waals surface area contributed by atoms with Crippen LogP contribution in [0.5, 0.6) is 0 Å². The highest BCUT2D eigenvalue weighted by molar-refractivity contribution is 7.17. The highest BCUT2D eigenvalue weighted by atomic mass is 32.1. The summed E-state index contributed by atoms with van der Waals surface area (Å²) in [6.45, 7) is 0. The number of rotatable bonds is 3. The molecule has 2 aromatic heterocycles. The van der Waals surface area contributed by atoms with Gasteiger partial charge in [-0.3, -0.25) is 20.0 Å². The molecular formula is C8H5N3O3S. The number of aromatic amines is 1. The lowest BCUT2D eigenvalue weighted by Gasteiger charge is -1.90. The zero-order chi connectivity index (χ0) is 10.8. The van der Waals surface area contributed by atoms with Crippen LogP contribution < -0.4 is 0 Å². The molecule has 0 fully saturated rings. The third kappa shape index (κ3) is 1.64. The first kappa shape index (κ1) is 9.53. The van der Waals surface area contributed by atoms with Gasteiger partial charge in [-0.1, -0.05) is 11.3 Å². The second kappa shape index (κ2) is 3.62. The Morgan fingerprint density at radius 1 is 1.60 bits per heavy atom. The lowest BCUT2D eigenvalue weighted by atomic mass is 10.2. The van der Waals surface area contributed by atoms with Crippen LogP contribution in [0.15, 0.2) is 18.3 Å². The molecule has 2 heterocycles. The Hall–Kier alpha value is -2.02. The van der Waals surface area contributed by atoms with E-state index in [0.717, 1.165) is 11.3 Å². The summed E-state index contributed by atoms with van der Waals surface area (Å²) in [5.41, 5.74) is 0.927. The van der Waals surface area contributed by atoms with E-state index < -0.39 is 4.92 Å². The molecule has 0 unspecified atom stereocenters. The predicted molar refractivity (Wildman–Crippen MR) is 53.9 cm³/mol. The third-order valence-electron chi connectivity index (χ3n) is 1.80. The molecule has 0 bridgehead atoms. The maximum atomic E-state index is 10.7. The summed E-state index contributed by atoms with van der Waals surface area (Å²) in [4.78, 5) is 21.1. The molecule has 7 heteroatoms. The minimum atomic E-state index is -0.506. The highest BCUT2D eigenvalue weighted by Gasteiger charge is 2.20. The van der Waals surface area contributed by atoms with Crippen LogP contribution in [-0.2, 0) is 0 Å². The summed E-state index contributed by atoms with van der Waals surface area (Å²) >= 11 is 0.851. The average Bonchev–Trinajstić information content (AvgIpc) is 2.86. The quantitative estimate of drug-likeness (QED) is 0.488. The number of nitrogens with one attached hydrogen (secondary N) is 1. The van der Waals surface area contributed by atoms with E-state index >= 15 is 0 Å². The molecule has 0 aliphatic rings. The van der Waals surface area contributed by atoms with Crippen LogP contribution in [0.3, 0.4) is 0 Å². The van der Waals surface area contributed by atoms with Gasteiger partial charge < -0.3 is 0 Å². The van der Waals surface area contributed by atoms with Gasteiger partial charge in [0.15, 0.2) is 6.29 Å². The molecule has 0 saturated carbocycles. The van der Waals surface area contributed by atoms with Crippen molar-refractivity contribution in [2.75, 3.05) is 0 Å². The summed E-state index contributed by atoms with van der Waals surface area (Å²) in [6.07, 6.45) is 2.09. The van der Waals surface area contributed by atoms with Gasteiger partial charge in [0.1, 0.15) is 0 Å². The normalized spacial score (nSPS) is 10.1. The van der Waals surface area contributed by atoms with Crippen molar-refractivity contribution in [3.63, 3.8) is 0 Å². The number of thiophene rings is 1. The lowest BCUT2D eigenvalue weighted by molar-refractivity contribution is -0.379. The van der Waals surface area contributed by atoms with Crippen molar-refractivity contribution in [3.05, 3.63) is 33.3 Å². The zero-order valence-corrected chi connectivity index (χ0v) is 8.15. The van der Waals surface area contributed by atoms with E-state index in [1.807, 2.05) is 0 Å². The SMILES string of the molecule is O=Cc1cc(-c2ccn[nH]2)c([N+](=O)[O-])s1. The summed E-state index contributed by atoms with van der Waals surface area (Å²) in [5.74, 6) is 0. The van der Waals surface area contributed by atoms with Crippen molar-refractivity contribution in [2.45, 2.75) is 0 Å². The maximum absolute atomic E-state index is 10.7. The van der Waals surface area contributed by atoms with Gasteiger partial charge >= 0.3 is 5.00 Å². The third-order valence-corrected chi connectivity index (χ3v) is 2.82. The minimum Gasteiger partial charge on any atom is -0.297 e. The van der Waals surface area contributed by atoms with Crippen LogP contribution in [0.4, 0.5) is 5.00 Å². The van der Waals surface area contributed by atoms with Crippen LogP contribution in [0, 0.1) is 10.1 Å². The monoisotopic (exact) mass is 223 g/mol. The van der Waals surface area contributed by atoms with Crippen molar-refractivity contribution >= 4 is 22.6 Å². The molecule has 0 aliphatic carbocycles. The molecule has 0 amide bonds. The summed E-state index contributed by atoms with van der Waals surface area (Å²) in [6, 6.07) is 3.09. The number of hydrogen-bond donors (Lipinski definition) is 1. The Morgan fingerprint density at radius 3 is 2.93 bits per heavy atom. The van der Waals surface area contributed by atoms with Gasteiger partial charge in [0, 0.05) is 6.20 Å².